The summed E-state index contributed by atoms with van der Waals surface area (Å²) in [5.41, 5.74) is 1.02. The van der Waals surface area contributed by atoms with Gasteiger partial charge in [-0.05, 0) is 13.3 Å². The van der Waals surface area contributed by atoms with E-state index in [0.29, 0.717) is 6.42 Å². The Morgan fingerprint density at radius 3 is 2.83 bits per heavy atom. The molecule has 12 heavy (non-hydrogen) atoms. The van der Waals surface area contributed by atoms with Crippen molar-refractivity contribution in [3.63, 3.8) is 0 Å². The zero-order chi connectivity index (χ0) is 8.88. The minimum absolute atomic E-state index is 0.161. The molecule has 1 heterocycles. The van der Waals surface area contributed by atoms with Gasteiger partial charge in [-0.25, -0.2) is 9.69 Å². The van der Waals surface area contributed by atoms with Crippen LogP contribution < -0.4 is 0 Å². The Labute approximate surface area is 69.5 Å². The molecule has 1 N–H and O–H groups in total. The molecule has 0 spiro atoms. The van der Waals surface area contributed by atoms with E-state index in [0.717, 1.165) is 10.5 Å². The number of imide groups is 1. The van der Waals surface area contributed by atoms with Gasteiger partial charge in [-0.1, -0.05) is 11.6 Å². The van der Waals surface area contributed by atoms with E-state index in [4.69, 9.17) is 5.11 Å². The molecule has 0 aromatic rings. The van der Waals surface area contributed by atoms with Crippen molar-refractivity contribution in [1.29, 1.82) is 0 Å². The zero-order valence-electron chi connectivity index (χ0n) is 6.65. The molecule has 4 nitrogen and oxygen atoms in total. The molecule has 2 bridgehead atoms. The van der Waals surface area contributed by atoms with Crippen LogP contribution in [0.4, 0.5) is 4.79 Å². The van der Waals surface area contributed by atoms with Crippen LogP contribution >= 0.6 is 0 Å². The van der Waals surface area contributed by atoms with Crippen molar-refractivity contribution in [2.75, 3.05) is 0 Å². The first-order valence-corrected chi connectivity index (χ1v) is 3.85. The maximum Gasteiger partial charge on any atom is 0.414 e. The van der Waals surface area contributed by atoms with E-state index in [-0.39, 0.29) is 17.9 Å². The SMILES string of the molecule is CC1=CC2CC1C(=O)N2C(=O)O. The fourth-order valence-corrected chi connectivity index (χ4v) is 1.96. The monoisotopic (exact) mass is 167 g/mol. The van der Waals surface area contributed by atoms with E-state index in [9.17, 15) is 9.59 Å². The summed E-state index contributed by atoms with van der Waals surface area (Å²) in [5.74, 6) is -0.418. The average Bonchev–Trinajstić information content (AvgIpc) is 2.42. The molecule has 2 amide bonds. The van der Waals surface area contributed by atoms with Crippen LogP contribution in [0, 0.1) is 5.92 Å². The molecular formula is C8H9NO3. The van der Waals surface area contributed by atoms with Crippen LogP contribution in [0.3, 0.4) is 0 Å². The van der Waals surface area contributed by atoms with E-state index < -0.39 is 6.09 Å². The van der Waals surface area contributed by atoms with Gasteiger partial charge in [0.05, 0.1) is 12.0 Å². The van der Waals surface area contributed by atoms with Crippen molar-refractivity contribution in [2.45, 2.75) is 19.4 Å². The molecule has 2 unspecified atom stereocenters. The topological polar surface area (TPSA) is 57.6 Å². The van der Waals surface area contributed by atoms with Crippen LogP contribution in [0.1, 0.15) is 13.3 Å². The summed E-state index contributed by atoms with van der Waals surface area (Å²) in [6, 6.07) is -0.194. The molecule has 2 rings (SSSR count). The Balaban J connectivity index is 2.34. The smallest absolute Gasteiger partial charge is 0.414 e. The summed E-state index contributed by atoms with van der Waals surface area (Å²) < 4.78 is 0. The summed E-state index contributed by atoms with van der Waals surface area (Å²) in [7, 11) is 0. The molecule has 1 saturated heterocycles. The molecule has 1 aliphatic carbocycles. The molecule has 0 radical (unpaired) electrons. The van der Waals surface area contributed by atoms with Crippen LogP contribution in [0.25, 0.3) is 0 Å². The molecule has 1 aliphatic heterocycles. The van der Waals surface area contributed by atoms with Gasteiger partial charge in [0, 0.05) is 0 Å². The van der Waals surface area contributed by atoms with Gasteiger partial charge in [0.1, 0.15) is 0 Å². The molecule has 2 aliphatic rings. The summed E-state index contributed by atoms with van der Waals surface area (Å²) in [6.07, 6.45) is 1.38. The molecular weight excluding hydrogens is 158 g/mol. The Hall–Kier alpha value is -1.32. The number of rotatable bonds is 0. The van der Waals surface area contributed by atoms with Gasteiger partial charge in [-0.2, -0.15) is 0 Å². The van der Waals surface area contributed by atoms with Crippen molar-refractivity contribution >= 4 is 12.0 Å². The van der Waals surface area contributed by atoms with Crippen LogP contribution in [0.5, 0.6) is 0 Å². The Morgan fingerprint density at radius 1 is 1.75 bits per heavy atom. The van der Waals surface area contributed by atoms with E-state index >= 15 is 0 Å². The second-order valence-corrected chi connectivity index (χ2v) is 3.26. The minimum atomic E-state index is -1.13. The molecule has 2 atom stereocenters. The number of hydrogen-bond acceptors (Lipinski definition) is 2. The highest BCUT2D eigenvalue weighted by Crippen LogP contribution is 2.37. The lowest BCUT2D eigenvalue weighted by Gasteiger charge is -2.19. The summed E-state index contributed by atoms with van der Waals surface area (Å²) in [4.78, 5) is 22.8. The van der Waals surface area contributed by atoms with Crippen LogP contribution in [-0.4, -0.2) is 28.0 Å². The predicted molar refractivity (Wildman–Crippen MR) is 40.5 cm³/mol. The number of amides is 2. The molecule has 0 aromatic carbocycles. The quantitative estimate of drug-likeness (QED) is 0.544. The summed E-state index contributed by atoms with van der Waals surface area (Å²) in [6.45, 7) is 1.88. The van der Waals surface area contributed by atoms with Crippen molar-refractivity contribution in [3.05, 3.63) is 11.6 Å². The second kappa shape index (κ2) is 2.09. The van der Waals surface area contributed by atoms with Gasteiger partial charge < -0.3 is 5.11 Å². The molecule has 64 valence electrons. The molecule has 1 fully saturated rings. The van der Waals surface area contributed by atoms with Crippen LogP contribution in [-0.2, 0) is 4.79 Å². The fraction of sp³-hybridized carbons (Fsp3) is 0.500. The Bertz CT molecular complexity index is 295. The summed E-state index contributed by atoms with van der Waals surface area (Å²) >= 11 is 0. The molecule has 0 saturated carbocycles. The number of carboxylic acid groups (broad SMARTS) is 1. The average molecular weight is 167 g/mol. The zero-order valence-corrected chi connectivity index (χ0v) is 6.65. The van der Waals surface area contributed by atoms with Crippen LogP contribution in [0.2, 0.25) is 0 Å². The van der Waals surface area contributed by atoms with Crippen molar-refractivity contribution < 1.29 is 14.7 Å². The maximum atomic E-state index is 11.3. The first kappa shape index (κ1) is 7.34. The van der Waals surface area contributed by atoms with Gasteiger partial charge >= 0.3 is 6.09 Å². The largest absolute Gasteiger partial charge is 0.465 e. The van der Waals surface area contributed by atoms with Gasteiger partial charge in [-0.3, -0.25) is 4.79 Å². The lowest BCUT2D eigenvalue weighted by Crippen LogP contribution is -2.39. The van der Waals surface area contributed by atoms with E-state index in [2.05, 4.69) is 0 Å². The lowest BCUT2D eigenvalue weighted by molar-refractivity contribution is -0.129. The van der Waals surface area contributed by atoms with Crippen molar-refractivity contribution in [1.82, 2.24) is 4.90 Å². The third-order valence-electron chi connectivity index (χ3n) is 2.56. The first-order valence-electron chi connectivity index (χ1n) is 3.85. The fourth-order valence-electron chi connectivity index (χ4n) is 1.96. The maximum absolute atomic E-state index is 11.3. The van der Waals surface area contributed by atoms with E-state index in [1.165, 1.54) is 0 Å². The third kappa shape index (κ3) is 0.719. The highest BCUT2D eigenvalue weighted by Gasteiger charge is 2.47. The number of nitrogens with zero attached hydrogens (tertiary/aromatic N) is 1. The number of carbonyl (C=O) groups excluding carboxylic acids is 1. The second-order valence-electron chi connectivity index (χ2n) is 3.26. The van der Waals surface area contributed by atoms with E-state index in [1.54, 1.807) is 0 Å². The normalized spacial score (nSPS) is 32.6. The van der Waals surface area contributed by atoms with Gasteiger partial charge in [-0.15, -0.1) is 0 Å². The van der Waals surface area contributed by atoms with Gasteiger partial charge in [0.25, 0.3) is 0 Å². The van der Waals surface area contributed by atoms with Crippen molar-refractivity contribution in [2.24, 2.45) is 5.92 Å². The Kier molecular flexibility index (Phi) is 1.28. The number of likely N-dealkylation sites (tertiary alicyclic amines) is 1. The van der Waals surface area contributed by atoms with Gasteiger partial charge in [0.15, 0.2) is 0 Å². The number of hydrogen-bond donors (Lipinski definition) is 1. The summed E-state index contributed by atoms with van der Waals surface area (Å²) in [5, 5.41) is 8.67. The van der Waals surface area contributed by atoms with Crippen molar-refractivity contribution in [3.8, 4) is 0 Å². The minimum Gasteiger partial charge on any atom is -0.465 e. The predicted octanol–water partition coefficient (Wildman–Crippen LogP) is 0.841. The molecule has 0 aromatic heterocycles. The highest BCUT2D eigenvalue weighted by atomic mass is 16.4. The lowest BCUT2D eigenvalue weighted by atomic mass is 10.0. The molecule has 4 heteroatoms. The highest BCUT2D eigenvalue weighted by molar-refractivity contribution is 5.97. The van der Waals surface area contributed by atoms with Crippen LogP contribution in [0.15, 0.2) is 11.6 Å². The number of carbonyl (C=O) groups is 2. The third-order valence-corrected chi connectivity index (χ3v) is 2.56. The van der Waals surface area contributed by atoms with Gasteiger partial charge in [0.2, 0.25) is 5.91 Å². The van der Waals surface area contributed by atoms with E-state index in [1.807, 2.05) is 13.0 Å². The number of fused-ring (bicyclic) bond motifs is 2. The standard InChI is InChI=1S/C8H9NO3/c1-4-2-5-3-6(4)7(10)9(5)8(11)12/h2,5-6H,3H2,1H3,(H,11,12). The Morgan fingerprint density at radius 2 is 2.42 bits per heavy atom. The first-order chi connectivity index (χ1) is 5.61.